The van der Waals surface area contributed by atoms with Gasteiger partial charge in [-0.05, 0) is 50.4 Å². The number of azide groups is 1. The normalized spacial score (nSPS) is 24.6. The number of hydrogen-bond acceptors (Lipinski definition) is 11. The number of benzene rings is 1. The second-order valence-electron chi connectivity index (χ2n) is 12.9. The van der Waals surface area contributed by atoms with Gasteiger partial charge in [-0.15, -0.1) is 0 Å². The summed E-state index contributed by atoms with van der Waals surface area (Å²) in [7, 11) is -4.81. The Balaban J connectivity index is 1.62. The first kappa shape index (κ1) is 40.8. The molecule has 0 radical (unpaired) electrons. The van der Waals surface area contributed by atoms with Gasteiger partial charge in [0.05, 0.1) is 18.8 Å². The third kappa shape index (κ3) is 14.7. The molecular weight excluding hydrogens is 658 g/mol. The molecule has 2 fully saturated rings. The standard InChI is InChI=1S/C34H53N3O11S/c1-4-5-6-7-8-9-10-11-12-13-14-15-19-22-27(45-32(39)25-20-17-16-18-21-25)26(36-37-35)23-43-33-29(38)31-30(47-34(2,3)48-31)28(46-33)24-44-49(40,41)42/h16-22,26-31,33,38H,4-15,23-24H2,1-3H3,(H,40,41,42)/b22-19+/t26-,27+,28+,29+,30-,31+,33+/m0/s1. The van der Waals surface area contributed by atoms with Crippen LogP contribution >= 0.6 is 0 Å². The van der Waals surface area contributed by atoms with E-state index in [9.17, 15) is 23.8 Å². The average molecular weight is 712 g/mol. The van der Waals surface area contributed by atoms with Crippen LogP contribution in [0.3, 0.4) is 0 Å². The maximum atomic E-state index is 13.0. The number of aliphatic hydroxyl groups is 1. The first-order chi connectivity index (χ1) is 23.4. The van der Waals surface area contributed by atoms with Gasteiger partial charge in [0.25, 0.3) is 0 Å². The van der Waals surface area contributed by atoms with E-state index in [1.807, 2.05) is 6.08 Å². The molecule has 0 aromatic heterocycles. The predicted molar refractivity (Wildman–Crippen MR) is 181 cm³/mol. The molecule has 2 heterocycles. The maximum Gasteiger partial charge on any atom is 0.397 e. The van der Waals surface area contributed by atoms with Crippen molar-refractivity contribution in [3.05, 3.63) is 58.5 Å². The third-order valence-corrected chi connectivity index (χ3v) is 8.83. The molecule has 276 valence electrons. The molecule has 1 aromatic rings. The Kier molecular flexibility index (Phi) is 17.4. The summed E-state index contributed by atoms with van der Waals surface area (Å²) in [4.78, 5) is 16.0. The van der Waals surface area contributed by atoms with Crippen molar-refractivity contribution in [3.8, 4) is 0 Å². The Morgan fingerprint density at radius 2 is 1.63 bits per heavy atom. The van der Waals surface area contributed by atoms with E-state index in [0.29, 0.717) is 5.56 Å². The molecule has 0 saturated carbocycles. The van der Waals surface area contributed by atoms with E-state index in [0.717, 1.165) is 25.7 Å². The van der Waals surface area contributed by atoms with Crippen LogP contribution in [0.15, 0.2) is 47.6 Å². The summed E-state index contributed by atoms with van der Waals surface area (Å²) in [6.45, 7) is 4.45. The lowest BCUT2D eigenvalue weighted by atomic mass is 9.99. The number of ether oxygens (including phenoxy) is 5. The monoisotopic (exact) mass is 711 g/mol. The highest BCUT2D eigenvalue weighted by atomic mass is 32.3. The first-order valence-corrected chi connectivity index (χ1v) is 18.7. The van der Waals surface area contributed by atoms with Crippen molar-refractivity contribution in [2.75, 3.05) is 13.2 Å². The molecule has 1 aromatic carbocycles. The summed E-state index contributed by atoms with van der Waals surface area (Å²) >= 11 is 0. The number of aliphatic hydroxyl groups excluding tert-OH is 1. The van der Waals surface area contributed by atoms with Crippen LogP contribution in [0.1, 0.15) is 108 Å². The number of carbonyl (C=O) groups excluding carboxylic acids is 1. The van der Waals surface area contributed by atoms with Crippen LogP contribution in [0.2, 0.25) is 0 Å². The van der Waals surface area contributed by atoms with Crippen LogP contribution in [0.25, 0.3) is 10.4 Å². The molecule has 2 aliphatic heterocycles. The van der Waals surface area contributed by atoms with Gasteiger partial charge in [-0.25, -0.2) is 8.98 Å². The number of unbranched alkanes of at least 4 members (excludes halogenated alkanes) is 11. The van der Waals surface area contributed by atoms with E-state index in [-0.39, 0.29) is 6.61 Å². The molecule has 0 spiro atoms. The molecule has 0 bridgehead atoms. The lowest BCUT2D eigenvalue weighted by molar-refractivity contribution is -0.282. The van der Waals surface area contributed by atoms with Crippen molar-refractivity contribution in [2.45, 2.75) is 146 Å². The zero-order valence-corrected chi connectivity index (χ0v) is 29.6. The minimum absolute atomic E-state index is 0.312. The molecular formula is C34H53N3O11S. The van der Waals surface area contributed by atoms with Gasteiger partial charge < -0.3 is 28.8 Å². The minimum Gasteiger partial charge on any atom is -0.454 e. The van der Waals surface area contributed by atoms with E-state index in [4.69, 9.17) is 28.2 Å². The first-order valence-electron chi connectivity index (χ1n) is 17.3. The number of esters is 1. The van der Waals surface area contributed by atoms with E-state index >= 15 is 0 Å². The topological polar surface area (TPSA) is 196 Å². The number of allylic oxidation sites excluding steroid dienone is 1. The Bertz CT molecular complexity index is 1310. The number of nitrogens with zero attached hydrogens (tertiary/aromatic N) is 3. The van der Waals surface area contributed by atoms with E-state index in [2.05, 4.69) is 21.1 Å². The highest BCUT2D eigenvalue weighted by Gasteiger charge is 2.55. The Morgan fingerprint density at radius 3 is 2.24 bits per heavy atom. The molecule has 2 aliphatic rings. The smallest absolute Gasteiger partial charge is 0.397 e. The fourth-order valence-electron chi connectivity index (χ4n) is 5.90. The van der Waals surface area contributed by atoms with Crippen LogP contribution in [-0.4, -0.2) is 85.9 Å². The zero-order valence-electron chi connectivity index (χ0n) is 28.8. The molecule has 15 heteroatoms. The quantitative estimate of drug-likeness (QED) is 0.0236. The molecule has 0 aliphatic carbocycles. The van der Waals surface area contributed by atoms with E-state index < -0.39 is 71.6 Å². The van der Waals surface area contributed by atoms with Crippen molar-refractivity contribution >= 4 is 16.4 Å². The van der Waals surface area contributed by atoms with Crippen LogP contribution in [0.4, 0.5) is 0 Å². The van der Waals surface area contributed by atoms with Gasteiger partial charge >= 0.3 is 16.4 Å². The Labute approximate surface area is 290 Å². The molecule has 14 nitrogen and oxygen atoms in total. The lowest BCUT2D eigenvalue weighted by Gasteiger charge is -2.39. The summed E-state index contributed by atoms with van der Waals surface area (Å²) in [5.41, 5.74) is 9.71. The summed E-state index contributed by atoms with van der Waals surface area (Å²) in [6.07, 6.45) is 10.8. The second-order valence-corrected chi connectivity index (χ2v) is 14.0. The number of fused-ring (bicyclic) bond motifs is 1. The Morgan fingerprint density at radius 1 is 1.02 bits per heavy atom. The van der Waals surface area contributed by atoms with Gasteiger partial charge in [-0.3, -0.25) is 4.55 Å². The van der Waals surface area contributed by atoms with Crippen LogP contribution in [0, 0.1) is 0 Å². The SMILES string of the molecule is CCCCCCCCCCCCC/C=C/[C@@H](OC(=O)c1ccccc1)[C@H](CO[C@@H]1O[C@H](COS(=O)(=O)O)[C@@H]2OC(C)(C)O[C@@H]2[C@H]1O)N=[N+]=[N-]. The number of carbonyl (C=O) groups is 1. The summed E-state index contributed by atoms with van der Waals surface area (Å²) in [5.74, 6) is -1.77. The van der Waals surface area contributed by atoms with Gasteiger partial charge in [-0.1, -0.05) is 101 Å². The zero-order chi connectivity index (χ0) is 35.7. The van der Waals surface area contributed by atoms with Gasteiger partial charge in [-0.2, -0.15) is 8.42 Å². The van der Waals surface area contributed by atoms with E-state index in [1.54, 1.807) is 50.3 Å². The summed E-state index contributed by atoms with van der Waals surface area (Å²) < 4.78 is 65.2. The van der Waals surface area contributed by atoms with Crippen LogP contribution in [-0.2, 0) is 38.3 Å². The maximum absolute atomic E-state index is 13.0. The minimum atomic E-state index is -4.81. The molecule has 0 amide bonds. The fraction of sp³-hybridized carbons (Fsp3) is 0.735. The number of hydrogen-bond donors (Lipinski definition) is 2. The predicted octanol–water partition coefficient (Wildman–Crippen LogP) is 6.59. The lowest BCUT2D eigenvalue weighted by Crippen LogP contribution is -2.58. The molecule has 0 unspecified atom stereocenters. The third-order valence-electron chi connectivity index (χ3n) is 8.40. The van der Waals surface area contributed by atoms with E-state index in [1.165, 1.54) is 51.4 Å². The highest BCUT2D eigenvalue weighted by molar-refractivity contribution is 7.80. The molecule has 49 heavy (non-hydrogen) atoms. The molecule has 2 N–H and O–H groups in total. The Hall–Kier alpha value is -2.59. The largest absolute Gasteiger partial charge is 0.454 e. The summed E-state index contributed by atoms with van der Waals surface area (Å²) in [6, 6.07) is 7.33. The van der Waals surface area contributed by atoms with Crippen LogP contribution in [0.5, 0.6) is 0 Å². The molecule has 3 rings (SSSR count). The van der Waals surface area contributed by atoms with Crippen molar-refractivity contribution < 1.29 is 50.7 Å². The van der Waals surface area contributed by atoms with Crippen molar-refractivity contribution in [1.29, 1.82) is 0 Å². The van der Waals surface area contributed by atoms with Gasteiger partial charge in [0, 0.05) is 4.91 Å². The van der Waals surface area contributed by atoms with Crippen LogP contribution < -0.4 is 0 Å². The second kappa shape index (κ2) is 20.9. The summed E-state index contributed by atoms with van der Waals surface area (Å²) in [5, 5.41) is 14.9. The van der Waals surface area contributed by atoms with Gasteiger partial charge in [0.2, 0.25) is 0 Å². The average Bonchev–Trinajstić information content (AvgIpc) is 3.40. The number of rotatable bonds is 23. The van der Waals surface area contributed by atoms with Crippen molar-refractivity contribution in [3.63, 3.8) is 0 Å². The molecule has 2 saturated heterocycles. The van der Waals surface area contributed by atoms with Gasteiger partial charge in [0.1, 0.15) is 36.6 Å². The van der Waals surface area contributed by atoms with Crippen molar-refractivity contribution in [1.82, 2.24) is 0 Å². The fourth-order valence-corrected chi connectivity index (χ4v) is 6.21. The highest BCUT2D eigenvalue weighted by Crippen LogP contribution is 2.38. The van der Waals surface area contributed by atoms with Gasteiger partial charge in [0.15, 0.2) is 12.1 Å². The van der Waals surface area contributed by atoms with Crippen molar-refractivity contribution in [2.24, 2.45) is 5.11 Å². The molecule has 7 atom stereocenters.